The molecule has 1 atom stereocenters. The molecule has 2 rings (SSSR count). The van der Waals surface area contributed by atoms with Crippen molar-refractivity contribution < 1.29 is 13.5 Å². The molecule has 0 amide bonds. The monoisotopic (exact) mass is 361 g/mol. The van der Waals surface area contributed by atoms with Gasteiger partial charge in [0.05, 0.1) is 5.02 Å². The standard InChI is InChI=1S/C14H11BrClF2NO/c15-12(7-10-5-6-19-8-13(10)16)9-1-3-11(4-2-9)20-14(17)18/h1-6,8,12,14H,7H2. The van der Waals surface area contributed by atoms with Crippen molar-refractivity contribution >= 4 is 27.5 Å². The van der Waals surface area contributed by atoms with Crippen molar-refractivity contribution in [3.63, 3.8) is 0 Å². The topological polar surface area (TPSA) is 22.1 Å². The van der Waals surface area contributed by atoms with Crippen LogP contribution in [-0.4, -0.2) is 11.6 Å². The van der Waals surface area contributed by atoms with E-state index in [-0.39, 0.29) is 10.6 Å². The van der Waals surface area contributed by atoms with Crippen molar-refractivity contribution in [3.05, 3.63) is 58.9 Å². The second kappa shape index (κ2) is 6.99. The third-order valence-electron chi connectivity index (χ3n) is 2.72. The predicted octanol–water partition coefficient (Wildman–Crippen LogP) is 5.02. The molecule has 2 nitrogen and oxygen atoms in total. The summed E-state index contributed by atoms with van der Waals surface area (Å²) in [5.41, 5.74) is 1.93. The molecule has 1 aromatic carbocycles. The molecular weight excluding hydrogens is 352 g/mol. The highest BCUT2D eigenvalue weighted by atomic mass is 79.9. The van der Waals surface area contributed by atoms with Gasteiger partial charge in [-0.25, -0.2) is 0 Å². The molecule has 0 bridgehead atoms. The Morgan fingerprint density at radius 3 is 2.50 bits per heavy atom. The van der Waals surface area contributed by atoms with Crippen LogP contribution in [0.3, 0.4) is 0 Å². The number of benzene rings is 1. The Morgan fingerprint density at radius 2 is 1.90 bits per heavy atom. The maximum atomic E-state index is 12.1. The van der Waals surface area contributed by atoms with E-state index in [1.807, 2.05) is 6.07 Å². The van der Waals surface area contributed by atoms with Crippen LogP contribution in [-0.2, 0) is 6.42 Å². The van der Waals surface area contributed by atoms with Crippen molar-refractivity contribution in [2.24, 2.45) is 0 Å². The second-order valence-electron chi connectivity index (χ2n) is 4.09. The van der Waals surface area contributed by atoms with E-state index < -0.39 is 6.61 Å². The zero-order valence-electron chi connectivity index (χ0n) is 10.3. The summed E-state index contributed by atoms with van der Waals surface area (Å²) in [6, 6.07) is 8.37. The van der Waals surface area contributed by atoms with Crippen LogP contribution in [0.2, 0.25) is 5.02 Å². The SMILES string of the molecule is FC(F)Oc1ccc(C(Br)Cc2ccncc2Cl)cc1. The van der Waals surface area contributed by atoms with Gasteiger partial charge in [0, 0.05) is 17.2 Å². The van der Waals surface area contributed by atoms with Crippen molar-refractivity contribution in [3.8, 4) is 5.75 Å². The first-order valence-corrected chi connectivity index (χ1v) is 7.13. The summed E-state index contributed by atoms with van der Waals surface area (Å²) in [6.45, 7) is -2.81. The highest BCUT2D eigenvalue weighted by Gasteiger charge is 2.11. The Morgan fingerprint density at radius 1 is 1.20 bits per heavy atom. The summed E-state index contributed by atoms with van der Waals surface area (Å²) in [7, 11) is 0. The van der Waals surface area contributed by atoms with E-state index in [0.29, 0.717) is 11.4 Å². The molecule has 106 valence electrons. The molecular formula is C14H11BrClF2NO. The molecule has 20 heavy (non-hydrogen) atoms. The minimum atomic E-state index is -2.81. The van der Waals surface area contributed by atoms with E-state index >= 15 is 0 Å². The summed E-state index contributed by atoms with van der Waals surface area (Å²) in [5, 5.41) is 0.606. The third kappa shape index (κ3) is 4.15. The van der Waals surface area contributed by atoms with Crippen LogP contribution in [0, 0.1) is 0 Å². The Kier molecular flexibility index (Phi) is 5.31. The van der Waals surface area contributed by atoms with E-state index in [1.165, 1.54) is 12.1 Å². The number of alkyl halides is 3. The maximum absolute atomic E-state index is 12.1. The van der Waals surface area contributed by atoms with Gasteiger partial charge in [-0.15, -0.1) is 0 Å². The molecule has 0 spiro atoms. The number of hydrogen-bond acceptors (Lipinski definition) is 2. The lowest BCUT2D eigenvalue weighted by atomic mass is 10.1. The van der Waals surface area contributed by atoms with E-state index in [0.717, 1.165) is 11.1 Å². The largest absolute Gasteiger partial charge is 0.435 e. The summed E-state index contributed by atoms with van der Waals surface area (Å²) < 4.78 is 28.4. The molecule has 0 radical (unpaired) electrons. The summed E-state index contributed by atoms with van der Waals surface area (Å²) >= 11 is 9.62. The molecule has 1 heterocycles. The lowest BCUT2D eigenvalue weighted by Crippen LogP contribution is -2.02. The number of hydrogen-bond donors (Lipinski definition) is 0. The number of ether oxygens (including phenoxy) is 1. The fraction of sp³-hybridized carbons (Fsp3) is 0.214. The highest BCUT2D eigenvalue weighted by molar-refractivity contribution is 9.09. The minimum absolute atomic E-state index is 0.0306. The fourth-order valence-corrected chi connectivity index (χ4v) is 2.59. The third-order valence-corrected chi connectivity index (χ3v) is 3.92. The Labute approximate surface area is 128 Å². The molecule has 1 unspecified atom stereocenters. The summed E-state index contributed by atoms with van der Waals surface area (Å²) in [6.07, 6.45) is 3.95. The summed E-state index contributed by atoms with van der Waals surface area (Å²) in [5.74, 6) is 0.144. The van der Waals surface area contributed by atoms with E-state index in [2.05, 4.69) is 25.7 Å². The Balaban J connectivity index is 2.06. The number of rotatable bonds is 5. The van der Waals surface area contributed by atoms with Gasteiger partial charge in [-0.2, -0.15) is 8.78 Å². The molecule has 0 aliphatic carbocycles. The van der Waals surface area contributed by atoms with E-state index in [4.69, 9.17) is 11.6 Å². The first-order chi connectivity index (χ1) is 9.56. The fourth-order valence-electron chi connectivity index (χ4n) is 1.74. The smallest absolute Gasteiger partial charge is 0.387 e. The molecule has 0 aliphatic heterocycles. The van der Waals surface area contributed by atoms with Crippen LogP contribution < -0.4 is 4.74 Å². The van der Waals surface area contributed by atoms with Crippen LogP contribution in [0.25, 0.3) is 0 Å². The molecule has 6 heteroatoms. The van der Waals surface area contributed by atoms with E-state index in [9.17, 15) is 8.78 Å². The Bertz CT molecular complexity index is 565. The number of aromatic nitrogens is 1. The molecule has 0 aliphatic rings. The first kappa shape index (κ1) is 15.2. The average molecular weight is 363 g/mol. The van der Waals surface area contributed by atoms with Gasteiger partial charge in [0.15, 0.2) is 0 Å². The lowest BCUT2D eigenvalue weighted by Gasteiger charge is -2.12. The first-order valence-electron chi connectivity index (χ1n) is 5.83. The predicted molar refractivity (Wildman–Crippen MR) is 77.7 cm³/mol. The average Bonchev–Trinajstić information content (AvgIpc) is 2.41. The van der Waals surface area contributed by atoms with Crippen molar-refractivity contribution in [1.82, 2.24) is 4.98 Å². The van der Waals surface area contributed by atoms with Crippen molar-refractivity contribution in [1.29, 1.82) is 0 Å². The maximum Gasteiger partial charge on any atom is 0.387 e. The van der Waals surface area contributed by atoms with Crippen molar-refractivity contribution in [2.75, 3.05) is 0 Å². The lowest BCUT2D eigenvalue weighted by molar-refractivity contribution is -0.0498. The molecule has 2 aromatic rings. The second-order valence-corrected chi connectivity index (χ2v) is 5.60. The quantitative estimate of drug-likeness (QED) is 0.697. The van der Waals surface area contributed by atoms with Gasteiger partial charge >= 0.3 is 6.61 Å². The van der Waals surface area contributed by atoms with Crippen LogP contribution >= 0.6 is 27.5 Å². The van der Waals surface area contributed by atoms with Gasteiger partial charge in [-0.1, -0.05) is 39.7 Å². The zero-order valence-corrected chi connectivity index (χ0v) is 12.6. The van der Waals surface area contributed by atoms with Crippen LogP contribution in [0.1, 0.15) is 16.0 Å². The van der Waals surface area contributed by atoms with E-state index in [1.54, 1.807) is 24.5 Å². The molecule has 0 fully saturated rings. The van der Waals surface area contributed by atoms with Gasteiger partial charge in [-0.3, -0.25) is 4.98 Å². The van der Waals surface area contributed by atoms with Crippen LogP contribution in [0.4, 0.5) is 8.78 Å². The number of pyridine rings is 1. The molecule has 1 aromatic heterocycles. The number of halogens is 4. The Hall–Kier alpha value is -1.20. The van der Waals surface area contributed by atoms with Crippen LogP contribution in [0.5, 0.6) is 5.75 Å². The molecule has 0 saturated carbocycles. The molecule has 0 saturated heterocycles. The van der Waals surface area contributed by atoms with Gasteiger partial charge in [0.25, 0.3) is 0 Å². The van der Waals surface area contributed by atoms with Gasteiger partial charge < -0.3 is 4.74 Å². The summed E-state index contributed by atoms with van der Waals surface area (Å²) in [4.78, 5) is 3.96. The minimum Gasteiger partial charge on any atom is -0.435 e. The van der Waals surface area contributed by atoms with Crippen LogP contribution in [0.15, 0.2) is 42.7 Å². The normalized spacial score (nSPS) is 12.4. The molecule has 0 N–H and O–H groups in total. The van der Waals surface area contributed by atoms with Gasteiger partial charge in [0.1, 0.15) is 5.75 Å². The highest BCUT2D eigenvalue weighted by Crippen LogP contribution is 2.30. The number of nitrogens with zero attached hydrogens (tertiary/aromatic N) is 1. The van der Waals surface area contributed by atoms with Crippen molar-refractivity contribution in [2.45, 2.75) is 17.9 Å². The van der Waals surface area contributed by atoms with Gasteiger partial charge in [-0.05, 0) is 35.7 Å². The van der Waals surface area contributed by atoms with Gasteiger partial charge in [0.2, 0.25) is 0 Å². The zero-order chi connectivity index (χ0) is 14.5.